The Kier molecular flexibility index (Phi) is 6.27. The second-order valence-corrected chi connectivity index (χ2v) is 7.44. The maximum atomic E-state index is 9.59. The first kappa shape index (κ1) is 20.1. The second kappa shape index (κ2) is 9.06. The smallest absolute Gasteiger partial charge is 0.192 e. The van der Waals surface area contributed by atoms with Gasteiger partial charge in [0.1, 0.15) is 6.73 Å². The highest BCUT2D eigenvalue weighted by Crippen LogP contribution is 2.37. The Bertz CT molecular complexity index is 829. The molecule has 3 atom stereocenters. The minimum absolute atomic E-state index is 0.0796. The molecule has 2 aromatic rings. The lowest BCUT2D eigenvalue weighted by atomic mass is 9.93. The Morgan fingerprint density at radius 3 is 2.62 bits per heavy atom. The van der Waals surface area contributed by atoms with Gasteiger partial charge in [-0.05, 0) is 12.0 Å². The fraction of sp³-hybridized carbons (Fsp3) is 0.476. The zero-order valence-electron chi connectivity index (χ0n) is 16.6. The molecule has 8 heteroatoms. The molecular formula is C21H28N4O4. The van der Waals surface area contributed by atoms with Crippen LogP contribution in [-0.4, -0.2) is 58.4 Å². The highest BCUT2D eigenvalue weighted by molar-refractivity contribution is 5.81. The van der Waals surface area contributed by atoms with Crippen LogP contribution in [-0.2, 0) is 29.4 Å². The van der Waals surface area contributed by atoms with E-state index in [2.05, 4.69) is 15.2 Å². The van der Waals surface area contributed by atoms with Gasteiger partial charge in [0, 0.05) is 37.5 Å². The van der Waals surface area contributed by atoms with E-state index in [9.17, 15) is 10.2 Å². The Hall–Kier alpha value is -2.23. The van der Waals surface area contributed by atoms with Gasteiger partial charge in [0.25, 0.3) is 0 Å². The van der Waals surface area contributed by atoms with Gasteiger partial charge >= 0.3 is 0 Å². The molecular weight excluding hydrogens is 372 g/mol. The summed E-state index contributed by atoms with van der Waals surface area (Å²) < 4.78 is 13.5. The van der Waals surface area contributed by atoms with Gasteiger partial charge in [0.05, 0.1) is 37.5 Å². The number of likely N-dealkylation sites (tertiary alicyclic amines) is 1. The van der Waals surface area contributed by atoms with Gasteiger partial charge in [0.15, 0.2) is 6.23 Å². The first-order chi connectivity index (χ1) is 14.2. The predicted octanol–water partition coefficient (Wildman–Crippen LogP) is 1.69. The van der Waals surface area contributed by atoms with E-state index in [0.717, 1.165) is 28.9 Å². The largest absolute Gasteiger partial charge is 0.395 e. The van der Waals surface area contributed by atoms with Crippen molar-refractivity contribution in [3.8, 4) is 0 Å². The van der Waals surface area contributed by atoms with Crippen molar-refractivity contribution >= 4 is 12.0 Å². The molecule has 4 rings (SSSR count). The number of benzene rings is 1. The molecule has 1 aromatic heterocycles. The molecule has 3 heterocycles. The molecule has 156 valence electrons. The zero-order chi connectivity index (χ0) is 20.2. The lowest BCUT2D eigenvalue weighted by Crippen LogP contribution is -2.58. The highest BCUT2D eigenvalue weighted by Gasteiger charge is 2.38. The number of methoxy groups -OCH3 is 1. The van der Waals surface area contributed by atoms with Crippen molar-refractivity contribution in [2.45, 2.75) is 44.6 Å². The molecule has 2 aliphatic rings. The second-order valence-electron chi connectivity index (χ2n) is 7.44. The molecule has 0 radical (unpaired) electrons. The van der Waals surface area contributed by atoms with Crippen LogP contribution in [0.4, 0.5) is 5.69 Å². The molecule has 29 heavy (non-hydrogen) atoms. The van der Waals surface area contributed by atoms with Gasteiger partial charge < -0.3 is 29.6 Å². The van der Waals surface area contributed by atoms with Crippen LogP contribution in [0.1, 0.15) is 29.5 Å². The van der Waals surface area contributed by atoms with E-state index in [-0.39, 0.29) is 25.3 Å². The fourth-order valence-electron chi connectivity index (χ4n) is 4.10. The minimum atomic E-state index is -0.404. The number of nitrogens with one attached hydrogen (secondary N) is 1. The summed E-state index contributed by atoms with van der Waals surface area (Å²) in [5, 5.41) is 22.4. The first-order valence-corrected chi connectivity index (χ1v) is 9.87. The van der Waals surface area contributed by atoms with Crippen LogP contribution in [0.25, 0.3) is 0 Å². The molecule has 0 saturated carbocycles. The average Bonchev–Trinajstić information content (AvgIpc) is 3.10. The van der Waals surface area contributed by atoms with Crippen LogP contribution in [0.15, 0.2) is 41.5 Å². The number of ether oxygens (including phenoxy) is 2. The summed E-state index contributed by atoms with van der Waals surface area (Å²) in [4.78, 5) is 6.52. The van der Waals surface area contributed by atoms with Crippen molar-refractivity contribution in [2.75, 3.05) is 25.6 Å². The van der Waals surface area contributed by atoms with Gasteiger partial charge in [-0.3, -0.25) is 4.90 Å². The Labute approximate surface area is 170 Å². The van der Waals surface area contributed by atoms with Crippen molar-refractivity contribution < 1.29 is 19.7 Å². The summed E-state index contributed by atoms with van der Waals surface area (Å²) in [6.07, 6.45) is 4.10. The number of hydrogen-bond donors (Lipinski definition) is 3. The van der Waals surface area contributed by atoms with E-state index in [4.69, 9.17) is 9.47 Å². The summed E-state index contributed by atoms with van der Waals surface area (Å²) in [6, 6.07) is 10.2. The van der Waals surface area contributed by atoms with Gasteiger partial charge in [-0.25, -0.2) is 4.99 Å². The third-order valence-electron chi connectivity index (χ3n) is 5.67. The van der Waals surface area contributed by atoms with Crippen LogP contribution in [0.3, 0.4) is 0 Å². The standard InChI is InChI=1S/C21H28N4O4/c1-28-21-20-19(22-13-23-21)16(9-25-17(10-26)7-18(25)11-27)8-24(20)14-29-12-15-5-3-2-4-6-15/h2-6,8,13,17-18,21,26-27H,7,9-12,14H2,1H3,(H,22,23)/t17-,18+,21?. The number of anilines is 1. The normalized spacial score (nSPS) is 23.5. The molecule has 1 unspecified atom stereocenters. The molecule has 2 aliphatic heterocycles. The summed E-state index contributed by atoms with van der Waals surface area (Å²) in [5.41, 5.74) is 4.05. The molecule has 0 amide bonds. The number of nitrogens with zero attached hydrogens (tertiary/aromatic N) is 3. The van der Waals surface area contributed by atoms with E-state index in [1.165, 1.54) is 0 Å². The molecule has 0 spiro atoms. The van der Waals surface area contributed by atoms with Crippen molar-refractivity contribution in [1.29, 1.82) is 0 Å². The lowest BCUT2D eigenvalue weighted by Gasteiger charge is -2.47. The third-order valence-corrected chi connectivity index (χ3v) is 5.67. The van der Waals surface area contributed by atoms with Gasteiger partial charge in [-0.15, -0.1) is 0 Å². The quantitative estimate of drug-likeness (QED) is 0.593. The maximum absolute atomic E-state index is 9.59. The molecule has 0 bridgehead atoms. The molecule has 1 saturated heterocycles. The Balaban J connectivity index is 1.53. The highest BCUT2D eigenvalue weighted by atomic mass is 16.5. The number of aromatic nitrogens is 1. The number of hydrogen-bond acceptors (Lipinski definition) is 7. The monoisotopic (exact) mass is 400 g/mol. The number of fused-ring (bicyclic) bond motifs is 1. The zero-order valence-corrected chi connectivity index (χ0v) is 16.6. The molecule has 8 nitrogen and oxygen atoms in total. The van der Waals surface area contributed by atoms with Crippen LogP contribution in [0, 0.1) is 0 Å². The SMILES string of the molecule is COC1N=CNc2c(CN3[C@H](CO)C[C@@H]3CO)cn(COCc3ccccc3)c21. The maximum Gasteiger partial charge on any atom is 0.192 e. The van der Waals surface area contributed by atoms with E-state index < -0.39 is 6.23 Å². The van der Waals surface area contributed by atoms with Crippen LogP contribution in [0.2, 0.25) is 0 Å². The van der Waals surface area contributed by atoms with Gasteiger partial charge in [-0.2, -0.15) is 0 Å². The number of aliphatic hydroxyl groups is 2. The first-order valence-electron chi connectivity index (χ1n) is 9.87. The minimum Gasteiger partial charge on any atom is -0.395 e. The molecule has 3 N–H and O–H groups in total. The van der Waals surface area contributed by atoms with Crippen molar-refractivity contribution in [3.05, 3.63) is 53.3 Å². The van der Waals surface area contributed by atoms with Gasteiger partial charge in [-0.1, -0.05) is 30.3 Å². The fourth-order valence-corrected chi connectivity index (χ4v) is 4.10. The Morgan fingerprint density at radius 1 is 1.17 bits per heavy atom. The summed E-state index contributed by atoms with van der Waals surface area (Å²) in [7, 11) is 1.64. The van der Waals surface area contributed by atoms with Crippen molar-refractivity contribution in [2.24, 2.45) is 4.99 Å². The van der Waals surface area contributed by atoms with Crippen molar-refractivity contribution in [1.82, 2.24) is 9.47 Å². The number of rotatable bonds is 9. The van der Waals surface area contributed by atoms with Gasteiger partial charge in [0.2, 0.25) is 0 Å². The summed E-state index contributed by atoms with van der Waals surface area (Å²) in [5.74, 6) is 0. The summed E-state index contributed by atoms with van der Waals surface area (Å²) >= 11 is 0. The lowest BCUT2D eigenvalue weighted by molar-refractivity contribution is -0.0474. The van der Waals surface area contributed by atoms with Crippen molar-refractivity contribution in [3.63, 3.8) is 0 Å². The van der Waals surface area contributed by atoms with Crippen LogP contribution in [0.5, 0.6) is 0 Å². The number of aliphatic hydroxyl groups excluding tert-OH is 2. The van der Waals surface area contributed by atoms with E-state index in [1.54, 1.807) is 13.4 Å². The van der Waals surface area contributed by atoms with E-state index in [0.29, 0.717) is 19.9 Å². The summed E-state index contributed by atoms with van der Waals surface area (Å²) in [6.45, 7) is 1.70. The van der Waals surface area contributed by atoms with Crippen LogP contribution < -0.4 is 5.32 Å². The third kappa shape index (κ3) is 4.08. The van der Waals surface area contributed by atoms with E-state index in [1.807, 2.05) is 41.1 Å². The predicted molar refractivity (Wildman–Crippen MR) is 109 cm³/mol. The molecule has 1 aromatic carbocycles. The number of aliphatic imine (C=N–C) groups is 1. The molecule has 1 fully saturated rings. The topological polar surface area (TPSA) is 91.5 Å². The molecule has 0 aliphatic carbocycles. The van der Waals surface area contributed by atoms with Crippen LogP contribution >= 0.6 is 0 Å². The Morgan fingerprint density at radius 2 is 1.93 bits per heavy atom. The van der Waals surface area contributed by atoms with E-state index >= 15 is 0 Å². The average molecular weight is 400 g/mol.